The lowest BCUT2D eigenvalue weighted by atomic mass is 10.1. The molecule has 1 aromatic carbocycles. The Morgan fingerprint density at radius 3 is 2.64 bits per heavy atom. The summed E-state index contributed by atoms with van der Waals surface area (Å²) in [7, 11) is 0. The minimum atomic E-state index is -0.115. The van der Waals surface area contributed by atoms with Crippen LogP contribution in [0.3, 0.4) is 0 Å². The van der Waals surface area contributed by atoms with Crippen molar-refractivity contribution in [1.82, 2.24) is 9.47 Å². The highest BCUT2D eigenvalue weighted by molar-refractivity contribution is 7.07. The number of amides is 2. The predicted molar refractivity (Wildman–Crippen MR) is 89.4 cm³/mol. The normalized spacial score (nSPS) is 15.5. The second-order valence-corrected chi connectivity index (χ2v) is 6.43. The van der Waals surface area contributed by atoms with E-state index in [1.807, 2.05) is 21.0 Å². The second kappa shape index (κ2) is 6.92. The van der Waals surface area contributed by atoms with E-state index in [4.69, 9.17) is 0 Å². The Balaban J connectivity index is 1.86. The third kappa shape index (κ3) is 3.30. The van der Waals surface area contributed by atoms with Crippen molar-refractivity contribution in [3.8, 4) is 5.69 Å². The van der Waals surface area contributed by atoms with Crippen LogP contribution in [0.1, 0.15) is 31.7 Å². The van der Waals surface area contributed by atoms with Crippen LogP contribution in [0.2, 0.25) is 0 Å². The Morgan fingerprint density at radius 1 is 1.23 bits per heavy atom. The van der Waals surface area contributed by atoms with Gasteiger partial charge in [0.1, 0.15) is 0 Å². The topological polar surface area (TPSA) is 37.6 Å². The summed E-state index contributed by atoms with van der Waals surface area (Å²) in [6.07, 6.45) is 6.39. The van der Waals surface area contributed by atoms with Crippen molar-refractivity contribution in [2.45, 2.75) is 32.6 Å². The fourth-order valence-corrected chi connectivity index (χ4v) is 3.44. The van der Waals surface area contributed by atoms with E-state index in [0.717, 1.165) is 49.3 Å². The van der Waals surface area contributed by atoms with Gasteiger partial charge in [-0.2, -0.15) is 4.99 Å². The number of aromatic nitrogens is 1. The highest BCUT2D eigenvalue weighted by Gasteiger charge is 2.17. The number of rotatable bonds is 3. The van der Waals surface area contributed by atoms with Crippen molar-refractivity contribution in [1.29, 1.82) is 0 Å². The minimum absolute atomic E-state index is 0.115. The van der Waals surface area contributed by atoms with E-state index in [2.05, 4.69) is 36.2 Å². The fourth-order valence-electron chi connectivity index (χ4n) is 2.72. The molecule has 0 bridgehead atoms. The summed E-state index contributed by atoms with van der Waals surface area (Å²) in [5, 5.41) is 1.97. The van der Waals surface area contributed by atoms with Crippen LogP contribution < -0.4 is 4.80 Å². The summed E-state index contributed by atoms with van der Waals surface area (Å²) in [4.78, 5) is 19.1. The van der Waals surface area contributed by atoms with Crippen molar-refractivity contribution in [2.24, 2.45) is 4.99 Å². The lowest BCUT2D eigenvalue weighted by Crippen LogP contribution is -2.27. The summed E-state index contributed by atoms with van der Waals surface area (Å²) in [6.45, 7) is 3.85. The van der Waals surface area contributed by atoms with Crippen LogP contribution in [0, 0.1) is 0 Å². The van der Waals surface area contributed by atoms with Crippen molar-refractivity contribution in [2.75, 3.05) is 13.1 Å². The van der Waals surface area contributed by atoms with Gasteiger partial charge in [-0.1, -0.05) is 25.5 Å². The molecule has 0 aliphatic carbocycles. The maximum absolute atomic E-state index is 12.2. The van der Waals surface area contributed by atoms with Crippen LogP contribution >= 0.6 is 11.3 Å². The van der Waals surface area contributed by atoms with Gasteiger partial charge in [-0.3, -0.25) is 4.57 Å². The van der Waals surface area contributed by atoms with Crippen molar-refractivity contribution >= 4 is 17.4 Å². The van der Waals surface area contributed by atoms with Gasteiger partial charge in [-0.15, -0.1) is 11.3 Å². The van der Waals surface area contributed by atoms with Crippen LogP contribution in [0.5, 0.6) is 0 Å². The van der Waals surface area contributed by atoms with Gasteiger partial charge < -0.3 is 4.90 Å². The van der Waals surface area contributed by atoms with Crippen LogP contribution in [-0.4, -0.2) is 28.6 Å². The number of benzene rings is 1. The molecule has 2 amide bonds. The van der Waals surface area contributed by atoms with E-state index in [1.165, 1.54) is 16.9 Å². The standard InChI is InChI=1S/C17H21N3OS/c1-2-5-14-6-8-15(9-7-14)20-12-13-22-17(20)18-16(21)19-10-3-4-11-19/h6-9,12-13H,2-5,10-11H2,1H3. The van der Waals surface area contributed by atoms with Crippen molar-refractivity contribution in [3.05, 3.63) is 46.2 Å². The quantitative estimate of drug-likeness (QED) is 0.852. The average Bonchev–Trinajstić information content (AvgIpc) is 3.19. The van der Waals surface area contributed by atoms with Crippen LogP contribution in [0.4, 0.5) is 4.79 Å². The second-order valence-electron chi connectivity index (χ2n) is 5.56. The number of likely N-dealkylation sites (tertiary alicyclic amines) is 1. The molecule has 4 nitrogen and oxygen atoms in total. The molecule has 116 valence electrons. The lowest BCUT2D eigenvalue weighted by molar-refractivity contribution is 0.218. The molecule has 0 atom stereocenters. The predicted octanol–water partition coefficient (Wildman–Crippen LogP) is 3.61. The molecular formula is C17H21N3OS. The molecule has 0 spiro atoms. The molecule has 1 aliphatic heterocycles. The first-order valence-electron chi connectivity index (χ1n) is 7.87. The monoisotopic (exact) mass is 315 g/mol. The highest BCUT2D eigenvalue weighted by atomic mass is 32.1. The maximum atomic E-state index is 12.2. The van der Waals surface area contributed by atoms with Crippen LogP contribution in [0.25, 0.3) is 5.69 Å². The highest BCUT2D eigenvalue weighted by Crippen LogP contribution is 2.11. The molecule has 0 unspecified atom stereocenters. The zero-order valence-electron chi connectivity index (χ0n) is 12.9. The van der Waals surface area contributed by atoms with E-state index < -0.39 is 0 Å². The zero-order valence-corrected chi connectivity index (χ0v) is 13.7. The third-order valence-electron chi connectivity index (χ3n) is 3.91. The van der Waals surface area contributed by atoms with Gasteiger partial charge in [0.2, 0.25) is 0 Å². The number of nitrogens with zero attached hydrogens (tertiary/aromatic N) is 3. The van der Waals surface area contributed by atoms with E-state index in [-0.39, 0.29) is 6.03 Å². The zero-order chi connectivity index (χ0) is 15.4. The number of thiazole rings is 1. The molecule has 5 heteroatoms. The van der Waals surface area contributed by atoms with Crippen LogP contribution in [-0.2, 0) is 6.42 Å². The molecular weight excluding hydrogens is 294 g/mol. The molecule has 22 heavy (non-hydrogen) atoms. The molecule has 0 saturated carbocycles. The van der Waals surface area contributed by atoms with Crippen molar-refractivity contribution < 1.29 is 4.79 Å². The van der Waals surface area contributed by atoms with E-state index in [9.17, 15) is 4.79 Å². The number of aryl methyl sites for hydroxylation is 1. The van der Waals surface area contributed by atoms with Crippen molar-refractivity contribution in [3.63, 3.8) is 0 Å². The Morgan fingerprint density at radius 2 is 1.95 bits per heavy atom. The third-order valence-corrected chi connectivity index (χ3v) is 4.67. The first-order chi connectivity index (χ1) is 10.8. The number of carbonyl (C=O) groups excluding carboxylic acids is 1. The smallest absolute Gasteiger partial charge is 0.323 e. The number of hydrogen-bond donors (Lipinski definition) is 0. The fraction of sp³-hybridized carbons (Fsp3) is 0.412. The van der Waals surface area contributed by atoms with E-state index in [1.54, 1.807) is 0 Å². The first kappa shape index (κ1) is 15.0. The molecule has 2 heterocycles. The molecule has 0 radical (unpaired) electrons. The maximum Gasteiger partial charge on any atom is 0.346 e. The Kier molecular flexibility index (Phi) is 4.73. The van der Waals surface area contributed by atoms with Gasteiger partial charge in [-0.25, -0.2) is 4.79 Å². The molecule has 1 aromatic heterocycles. The van der Waals surface area contributed by atoms with Gasteiger partial charge in [0.15, 0.2) is 4.80 Å². The molecule has 3 rings (SSSR count). The Labute approximate surface area is 134 Å². The number of hydrogen-bond acceptors (Lipinski definition) is 2. The van der Waals surface area contributed by atoms with Gasteiger partial charge in [-0.05, 0) is 37.0 Å². The summed E-state index contributed by atoms with van der Waals surface area (Å²) in [5.41, 5.74) is 2.39. The molecule has 1 saturated heterocycles. The molecule has 1 aliphatic rings. The summed E-state index contributed by atoms with van der Waals surface area (Å²) in [6, 6.07) is 8.37. The number of urea groups is 1. The average molecular weight is 315 g/mol. The van der Waals surface area contributed by atoms with Gasteiger partial charge in [0.25, 0.3) is 0 Å². The Hall–Kier alpha value is -1.88. The van der Waals surface area contributed by atoms with Gasteiger partial charge in [0, 0.05) is 30.4 Å². The SMILES string of the molecule is CCCc1ccc(-n2ccsc2=NC(=O)N2CCCC2)cc1. The minimum Gasteiger partial charge on any atom is -0.323 e. The van der Waals surface area contributed by atoms with E-state index in [0.29, 0.717) is 0 Å². The lowest BCUT2D eigenvalue weighted by Gasteiger charge is -2.10. The van der Waals surface area contributed by atoms with Crippen LogP contribution in [0.15, 0.2) is 40.8 Å². The summed E-state index contributed by atoms with van der Waals surface area (Å²) in [5.74, 6) is 0. The first-order valence-corrected chi connectivity index (χ1v) is 8.75. The van der Waals surface area contributed by atoms with Gasteiger partial charge in [0.05, 0.1) is 0 Å². The summed E-state index contributed by atoms with van der Waals surface area (Å²) < 4.78 is 1.98. The molecule has 0 N–H and O–H groups in total. The number of carbonyl (C=O) groups is 1. The Bertz CT molecular complexity index is 693. The van der Waals surface area contributed by atoms with E-state index >= 15 is 0 Å². The molecule has 2 aromatic rings. The van der Waals surface area contributed by atoms with Gasteiger partial charge >= 0.3 is 6.03 Å². The summed E-state index contributed by atoms with van der Waals surface area (Å²) >= 11 is 1.49. The molecule has 1 fully saturated rings. The largest absolute Gasteiger partial charge is 0.346 e.